The lowest BCUT2D eigenvalue weighted by molar-refractivity contribution is 0.187. The van der Waals surface area contributed by atoms with Crippen molar-refractivity contribution in [3.8, 4) is 0 Å². The van der Waals surface area contributed by atoms with Crippen molar-refractivity contribution in [3.05, 3.63) is 18.5 Å². The summed E-state index contributed by atoms with van der Waals surface area (Å²) in [7, 11) is -3.49. The van der Waals surface area contributed by atoms with Crippen LogP contribution < -0.4 is 5.32 Å². The summed E-state index contributed by atoms with van der Waals surface area (Å²) >= 11 is 0. The minimum Gasteiger partial charge on any atom is -0.384 e. The van der Waals surface area contributed by atoms with E-state index in [2.05, 4.69) is 31.1 Å². The number of sulfonamides is 1. The summed E-state index contributed by atoms with van der Waals surface area (Å²) in [5.41, 5.74) is 0.681. The zero-order valence-electron chi connectivity index (χ0n) is 13.1. The lowest BCUT2D eigenvalue weighted by Gasteiger charge is -2.37. The van der Waals surface area contributed by atoms with Crippen LogP contribution in [-0.2, 0) is 10.0 Å². The summed E-state index contributed by atoms with van der Waals surface area (Å²) in [6.45, 7) is 8.20. The first-order valence-corrected chi connectivity index (χ1v) is 8.99. The third-order valence-corrected chi connectivity index (χ3v) is 5.71. The molecule has 1 fully saturated rings. The predicted molar refractivity (Wildman–Crippen MR) is 84.8 cm³/mol. The average Bonchev–Trinajstić information content (AvgIpc) is 2.44. The van der Waals surface area contributed by atoms with Gasteiger partial charge in [-0.3, -0.25) is 4.98 Å². The fourth-order valence-corrected chi connectivity index (χ4v) is 4.48. The van der Waals surface area contributed by atoms with E-state index in [9.17, 15) is 8.42 Å². The highest BCUT2D eigenvalue weighted by molar-refractivity contribution is 7.89. The van der Waals surface area contributed by atoms with Crippen LogP contribution in [0.15, 0.2) is 23.4 Å². The van der Waals surface area contributed by atoms with E-state index in [1.807, 2.05) is 0 Å². The summed E-state index contributed by atoms with van der Waals surface area (Å²) in [4.78, 5) is 4.29. The number of rotatable bonds is 5. The molecule has 0 aromatic carbocycles. The Balaban J connectivity index is 2.31. The van der Waals surface area contributed by atoms with Crippen LogP contribution in [0.1, 0.15) is 40.0 Å². The van der Waals surface area contributed by atoms with E-state index in [0.717, 1.165) is 25.8 Å². The number of hydrogen-bond donors (Lipinski definition) is 1. The Kier molecular flexibility index (Phi) is 4.88. The Morgan fingerprint density at radius 2 is 2.19 bits per heavy atom. The van der Waals surface area contributed by atoms with E-state index in [0.29, 0.717) is 18.8 Å². The largest absolute Gasteiger partial charge is 0.384 e. The van der Waals surface area contributed by atoms with Gasteiger partial charge in [0.05, 0.1) is 5.69 Å². The molecule has 1 aromatic heterocycles. The minimum absolute atomic E-state index is 0.0323. The molecule has 6 heteroatoms. The zero-order valence-corrected chi connectivity index (χ0v) is 13.9. The maximum absolute atomic E-state index is 12.9. The Bertz CT molecular complexity index is 584. The number of pyridine rings is 1. The van der Waals surface area contributed by atoms with Gasteiger partial charge in [-0.25, -0.2) is 8.42 Å². The van der Waals surface area contributed by atoms with Crippen LogP contribution in [-0.4, -0.2) is 37.3 Å². The van der Waals surface area contributed by atoms with Crippen LogP contribution in [0.4, 0.5) is 5.69 Å². The maximum Gasteiger partial charge on any atom is 0.246 e. The normalized spacial score (nSPS) is 19.4. The molecule has 0 amide bonds. The molecule has 21 heavy (non-hydrogen) atoms. The van der Waals surface area contributed by atoms with Crippen molar-refractivity contribution in [1.82, 2.24) is 9.29 Å². The van der Waals surface area contributed by atoms with Gasteiger partial charge >= 0.3 is 0 Å². The lowest BCUT2D eigenvalue weighted by Crippen LogP contribution is -2.43. The maximum atomic E-state index is 12.9. The van der Waals surface area contributed by atoms with Gasteiger partial charge in [0.15, 0.2) is 0 Å². The first-order chi connectivity index (χ1) is 9.87. The second-order valence-electron chi connectivity index (χ2n) is 6.40. The standard InChI is InChI=1S/C15H25N3O2S/c1-4-8-17-13-6-9-16-11-14(13)21(19,20)18-10-5-7-15(2,3)12-18/h6,9,11H,4-5,7-8,10,12H2,1-3H3,(H,16,17). The molecule has 1 aliphatic heterocycles. The highest BCUT2D eigenvalue weighted by atomic mass is 32.2. The van der Waals surface area contributed by atoms with Crippen LogP contribution in [0, 0.1) is 5.41 Å². The van der Waals surface area contributed by atoms with Gasteiger partial charge < -0.3 is 5.32 Å². The van der Waals surface area contributed by atoms with E-state index in [-0.39, 0.29) is 10.3 Å². The van der Waals surface area contributed by atoms with Gasteiger partial charge in [-0.15, -0.1) is 0 Å². The smallest absolute Gasteiger partial charge is 0.246 e. The molecule has 118 valence electrons. The molecule has 1 aromatic rings. The van der Waals surface area contributed by atoms with Gasteiger partial charge in [-0.1, -0.05) is 20.8 Å². The number of anilines is 1. The number of piperidine rings is 1. The summed E-state index contributed by atoms with van der Waals surface area (Å²) in [5.74, 6) is 0. The number of nitrogens with one attached hydrogen (secondary N) is 1. The molecule has 0 spiro atoms. The van der Waals surface area contributed by atoms with Crippen molar-refractivity contribution in [3.63, 3.8) is 0 Å². The van der Waals surface area contributed by atoms with Gasteiger partial charge in [0.1, 0.15) is 4.90 Å². The van der Waals surface area contributed by atoms with Gasteiger partial charge in [-0.2, -0.15) is 4.31 Å². The first-order valence-electron chi connectivity index (χ1n) is 7.55. The van der Waals surface area contributed by atoms with Crippen molar-refractivity contribution in [1.29, 1.82) is 0 Å². The van der Waals surface area contributed by atoms with Gasteiger partial charge in [-0.05, 0) is 30.7 Å². The molecular formula is C15H25N3O2S. The Morgan fingerprint density at radius 3 is 2.86 bits per heavy atom. The predicted octanol–water partition coefficient (Wildman–Crippen LogP) is 2.71. The average molecular weight is 311 g/mol. The summed E-state index contributed by atoms with van der Waals surface area (Å²) in [5, 5.41) is 3.18. The molecule has 1 aliphatic rings. The molecule has 2 rings (SSSR count). The molecule has 1 saturated heterocycles. The molecule has 2 heterocycles. The molecule has 0 bridgehead atoms. The van der Waals surface area contributed by atoms with Crippen LogP contribution in [0.2, 0.25) is 0 Å². The van der Waals surface area contributed by atoms with Crippen LogP contribution in [0.3, 0.4) is 0 Å². The third kappa shape index (κ3) is 3.74. The second-order valence-corrected chi connectivity index (χ2v) is 8.31. The Morgan fingerprint density at radius 1 is 1.43 bits per heavy atom. The molecular weight excluding hydrogens is 286 g/mol. The molecule has 0 saturated carbocycles. The van der Waals surface area contributed by atoms with Gasteiger partial charge in [0, 0.05) is 32.0 Å². The molecule has 0 aliphatic carbocycles. The van der Waals surface area contributed by atoms with E-state index >= 15 is 0 Å². The van der Waals surface area contributed by atoms with Gasteiger partial charge in [0.25, 0.3) is 0 Å². The Hall–Kier alpha value is -1.14. The van der Waals surface area contributed by atoms with Gasteiger partial charge in [0.2, 0.25) is 10.0 Å². The van der Waals surface area contributed by atoms with Crippen molar-refractivity contribution < 1.29 is 8.42 Å². The summed E-state index contributed by atoms with van der Waals surface area (Å²) in [6, 6.07) is 1.73. The number of aromatic nitrogens is 1. The van der Waals surface area contributed by atoms with Crippen LogP contribution >= 0.6 is 0 Å². The fourth-order valence-electron chi connectivity index (χ4n) is 2.70. The number of hydrogen-bond acceptors (Lipinski definition) is 4. The molecule has 0 radical (unpaired) electrons. The molecule has 0 atom stereocenters. The van der Waals surface area contributed by atoms with Crippen molar-refractivity contribution in [2.24, 2.45) is 5.41 Å². The SMILES string of the molecule is CCCNc1ccncc1S(=O)(=O)N1CCCC(C)(C)C1. The second kappa shape index (κ2) is 6.32. The highest BCUT2D eigenvalue weighted by Crippen LogP contribution is 2.33. The highest BCUT2D eigenvalue weighted by Gasteiger charge is 2.35. The summed E-state index contributed by atoms with van der Waals surface area (Å²) < 4.78 is 27.4. The van der Waals surface area contributed by atoms with E-state index in [1.54, 1.807) is 16.6 Å². The minimum atomic E-state index is -3.49. The molecule has 0 unspecified atom stereocenters. The fraction of sp³-hybridized carbons (Fsp3) is 0.667. The summed E-state index contributed by atoms with van der Waals surface area (Å²) in [6.07, 6.45) is 5.99. The van der Waals surface area contributed by atoms with Crippen LogP contribution in [0.25, 0.3) is 0 Å². The lowest BCUT2D eigenvalue weighted by atomic mass is 9.85. The monoisotopic (exact) mass is 311 g/mol. The Labute approximate surface area is 127 Å². The molecule has 5 nitrogen and oxygen atoms in total. The third-order valence-electron chi connectivity index (χ3n) is 3.83. The van der Waals surface area contributed by atoms with Crippen molar-refractivity contribution >= 4 is 15.7 Å². The quantitative estimate of drug-likeness (QED) is 0.908. The molecule has 1 N–H and O–H groups in total. The van der Waals surface area contributed by atoms with E-state index in [4.69, 9.17) is 0 Å². The zero-order chi connectivity index (χ0) is 15.5. The van der Waals surface area contributed by atoms with Crippen LogP contribution in [0.5, 0.6) is 0 Å². The van der Waals surface area contributed by atoms with E-state index in [1.165, 1.54) is 6.20 Å². The van der Waals surface area contributed by atoms with E-state index < -0.39 is 10.0 Å². The van der Waals surface area contributed by atoms with Crippen molar-refractivity contribution in [2.45, 2.75) is 44.9 Å². The number of nitrogens with zero attached hydrogens (tertiary/aromatic N) is 2. The van der Waals surface area contributed by atoms with Crippen molar-refractivity contribution in [2.75, 3.05) is 25.0 Å². The first kappa shape index (κ1) is 16.2. The topological polar surface area (TPSA) is 62.3 Å².